The SMILES string of the molecule is Cc1nn(Cc2ccccc2Cl)c(C)c1/C=C/C(=O)OC(C)C(=O)NCc1ccco1. The average molecular weight is 442 g/mol. The number of ether oxygens (including phenoxy) is 1. The van der Waals surface area contributed by atoms with Gasteiger partial charge in [-0.05, 0) is 50.6 Å². The second-order valence-electron chi connectivity index (χ2n) is 7.04. The number of hydrogen-bond acceptors (Lipinski definition) is 5. The first-order valence-corrected chi connectivity index (χ1v) is 10.2. The van der Waals surface area contributed by atoms with E-state index in [2.05, 4.69) is 10.4 Å². The van der Waals surface area contributed by atoms with Crippen molar-refractivity contribution < 1.29 is 18.7 Å². The molecule has 0 saturated carbocycles. The standard InChI is InChI=1S/C23H24ClN3O4/c1-15-20(16(2)27(26-15)14-18-7-4-5-9-21(18)24)10-11-22(28)31-17(3)23(29)25-13-19-8-6-12-30-19/h4-12,17H,13-14H2,1-3H3,(H,25,29)/b11-10+. The lowest BCUT2D eigenvalue weighted by atomic mass is 10.1. The van der Waals surface area contributed by atoms with Crippen molar-refractivity contribution in [1.82, 2.24) is 15.1 Å². The Hall–Kier alpha value is -3.32. The van der Waals surface area contributed by atoms with Crippen LogP contribution in [0, 0.1) is 13.8 Å². The molecule has 0 aliphatic heterocycles. The van der Waals surface area contributed by atoms with E-state index in [1.165, 1.54) is 19.3 Å². The van der Waals surface area contributed by atoms with Crippen LogP contribution >= 0.6 is 11.6 Å². The second-order valence-corrected chi connectivity index (χ2v) is 7.45. The van der Waals surface area contributed by atoms with E-state index >= 15 is 0 Å². The average Bonchev–Trinajstić information content (AvgIpc) is 3.35. The van der Waals surface area contributed by atoms with E-state index in [1.54, 1.807) is 18.2 Å². The molecule has 0 fully saturated rings. The summed E-state index contributed by atoms with van der Waals surface area (Å²) in [5.41, 5.74) is 3.45. The number of furan rings is 1. The zero-order chi connectivity index (χ0) is 22.4. The molecule has 3 rings (SSSR count). The van der Waals surface area contributed by atoms with Crippen molar-refractivity contribution in [1.29, 1.82) is 0 Å². The molecule has 0 saturated heterocycles. The molecule has 8 heteroatoms. The molecule has 1 amide bonds. The van der Waals surface area contributed by atoms with Gasteiger partial charge in [-0.1, -0.05) is 29.8 Å². The van der Waals surface area contributed by atoms with Gasteiger partial charge in [0.25, 0.3) is 5.91 Å². The number of halogens is 1. The zero-order valence-electron chi connectivity index (χ0n) is 17.6. The molecule has 0 aliphatic carbocycles. The Morgan fingerprint density at radius 3 is 2.74 bits per heavy atom. The molecule has 7 nitrogen and oxygen atoms in total. The number of carbonyl (C=O) groups is 2. The lowest BCUT2D eigenvalue weighted by molar-refractivity contribution is -0.150. The molecular weight excluding hydrogens is 418 g/mol. The van der Waals surface area contributed by atoms with Gasteiger partial charge in [-0.15, -0.1) is 0 Å². The van der Waals surface area contributed by atoms with Crippen molar-refractivity contribution in [2.24, 2.45) is 0 Å². The quantitative estimate of drug-likeness (QED) is 0.421. The van der Waals surface area contributed by atoms with Crippen LogP contribution in [0.3, 0.4) is 0 Å². The molecule has 1 N–H and O–H groups in total. The van der Waals surface area contributed by atoms with Crippen LogP contribution in [-0.4, -0.2) is 27.8 Å². The van der Waals surface area contributed by atoms with Crippen molar-refractivity contribution in [3.8, 4) is 0 Å². The van der Waals surface area contributed by atoms with E-state index in [-0.39, 0.29) is 6.54 Å². The van der Waals surface area contributed by atoms with Crippen LogP contribution in [0.15, 0.2) is 53.2 Å². The number of aryl methyl sites for hydroxylation is 1. The van der Waals surface area contributed by atoms with Gasteiger partial charge in [-0.2, -0.15) is 5.10 Å². The normalized spacial score (nSPS) is 12.1. The summed E-state index contributed by atoms with van der Waals surface area (Å²) in [4.78, 5) is 24.3. The third-order valence-electron chi connectivity index (χ3n) is 4.78. The Morgan fingerprint density at radius 1 is 1.26 bits per heavy atom. The Kier molecular flexibility index (Phi) is 7.31. The minimum Gasteiger partial charge on any atom is -0.467 e. The number of benzene rings is 1. The first kappa shape index (κ1) is 22.4. The van der Waals surface area contributed by atoms with Crippen LogP contribution in [0.2, 0.25) is 5.02 Å². The molecule has 2 heterocycles. The predicted molar refractivity (Wildman–Crippen MR) is 117 cm³/mol. The summed E-state index contributed by atoms with van der Waals surface area (Å²) in [5.74, 6) is -0.400. The fourth-order valence-corrected chi connectivity index (χ4v) is 3.24. The molecular formula is C23H24ClN3O4. The number of esters is 1. The van der Waals surface area contributed by atoms with Crippen LogP contribution in [-0.2, 0) is 27.4 Å². The molecule has 0 aliphatic rings. The van der Waals surface area contributed by atoms with Crippen LogP contribution in [0.5, 0.6) is 0 Å². The van der Waals surface area contributed by atoms with Crippen molar-refractivity contribution in [3.05, 3.63) is 82.0 Å². The maximum Gasteiger partial charge on any atom is 0.331 e. The maximum atomic E-state index is 12.2. The van der Waals surface area contributed by atoms with E-state index in [0.717, 1.165) is 22.5 Å². The summed E-state index contributed by atoms with van der Waals surface area (Å²) in [6, 6.07) is 11.1. The number of amides is 1. The molecule has 0 spiro atoms. The summed E-state index contributed by atoms with van der Waals surface area (Å²) in [6.45, 7) is 6.06. The van der Waals surface area contributed by atoms with E-state index in [4.69, 9.17) is 20.8 Å². The van der Waals surface area contributed by atoms with Gasteiger partial charge in [0.1, 0.15) is 5.76 Å². The van der Waals surface area contributed by atoms with E-state index < -0.39 is 18.0 Å². The molecule has 1 aromatic carbocycles. The first-order valence-electron chi connectivity index (χ1n) is 9.81. The van der Waals surface area contributed by atoms with Crippen molar-refractivity contribution in [2.45, 2.75) is 40.0 Å². The van der Waals surface area contributed by atoms with Gasteiger partial charge in [-0.25, -0.2) is 4.79 Å². The molecule has 1 atom stereocenters. The number of rotatable bonds is 8. The third-order valence-corrected chi connectivity index (χ3v) is 5.15. The number of aromatic nitrogens is 2. The summed E-state index contributed by atoms with van der Waals surface area (Å²) in [6.07, 6.45) is 3.54. The van der Waals surface area contributed by atoms with Crippen LogP contribution in [0.4, 0.5) is 0 Å². The monoisotopic (exact) mass is 441 g/mol. The Labute approximate surface area is 185 Å². The summed E-state index contributed by atoms with van der Waals surface area (Å²) in [5, 5.41) is 7.88. The molecule has 3 aromatic rings. The fourth-order valence-electron chi connectivity index (χ4n) is 3.04. The van der Waals surface area contributed by atoms with Gasteiger partial charge < -0.3 is 14.5 Å². The van der Waals surface area contributed by atoms with Crippen LogP contribution in [0.1, 0.15) is 35.2 Å². The van der Waals surface area contributed by atoms with Crippen molar-refractivity contribution in [2.75, 3.05) is 0 Å². The lowest BCUT2D eigenvalue weighted by Crippen LogP contribution is -2.35. The topological polar surface area (TPSA) is 86.4 Å². The van der Waals surface area contributed by atoms with Crippen LogP contribution < -0.4 is 5.32 Å². The highest BCUT2D eigenvalue weighted by Crippen LogP contribution is 2.20. The minimum absolute atomic E-state index is 0.229. The summed E-state index contributed by atoms with van der Waals surface area (Å²) in [7, 11) is 0. The minimum atomic E-state index is -0.933. The number of hydrogen-bond donors (Lipinski definition) is 1. The Bertz CT molecular complexity index is 1090. The highest BCUT2D eigenvalue weighted by molar-refractivity contribution is 6.31. The highest BCUT2D eigenvalue weighted by Gasteiger charge is 2.17. The van der Waals surface area contributed by atoms with E-state index in [9.17, 15) is 9.59 Å². The Balaban J connectivity index is 1.59. The predicted octanol–water partition coefficient (Wildman–Crippen LogP) is 4.06. The fraction of sp³-hybridized carbons (Fsp3) is 0.261. The van der Waals surface area contributed by atoms with Crippen molar-refractivity contribution in [3.63, 3.8) is 0 Å². The molecule has 31 heavy (non-hydrogen) atoms. The molecule has 162 valence electrons. The largest absolute Gasteiger partial charge is 0.467 e. The maximum absolute atomic E-state index is 12.2. The highest BCUT2D eigenvalue weighted by atomic mass is 35.5. The smallest absolute Gasteiger partial charge is 0.331 e. The third kappa shape index (κ3) is 5.86. The van der Waals surface area contributed by atoms with E-state index in [0.29, 0.717) is 17.3 Å². The molecule has 0 bridgehead atoms. The summed E-state index contributed by atoms with van der Waals surface area (Å²) >= 11 is 6.25. The molecule has 1 unspecified atom stereocenters. The second kappa shape index (κ2) is 10.1. The number of carbonyl (C=O) groups excluding carboxylic acids is 2. The lowest BCUT2D eigenvalue weighted by Gasteiger charge is -2.11. The van der Waals surface area contributed by atoms with Gasteiger partial charge in [0.15, 0.2) is 6.10 Å². The van der Waals surface area contributed by atoms with Gasteiger partial charge in [-0.3, -0.25) is 9.48 Å². The van der Waals surface area contributed by atoms with Gasteiger partial charge in [0, 0.05) is 22.4 Å². The van der Waals surface area contributed by atoms with E-state index in [1.807, 2.05) is 42.8 Å². The molecule has 0 radical (unpaired) electrons. The Morgan fingerprint density at radius 2 is 2.03 bits per heavy atom. The zero-order valence-corrected chi connectivity index (χ0v) is 18.3. The van der Waals surface area contributed by atoms with Crippen LogP contribution in [0.25, 0.3) is 6.08 Å². The number of nitrogens with zero attached hydrogens (tertiary/aromatic N) is 2. The van der Waals surface area contributed by atoms with Gasteiger partial charge >= 0.3 is 5.97 Å². The molecule has 2 aromatic heterocycles. The summed E-state index contributed by atoms with van der Waals surface area (Å²) < 4.78 is 12.2. The van der Waals surface area contributed by atoms with Gasteiger partial charge in [0.05, 0.1) is 25.0 Å². The first-order chi connectivity index (χ1) is 14.8. The van der Waals surface area contributed by atoms with Gasteiger partial charge in [0.2, 0.25) is 0 Å². The van der Waals surface area contributed by atoms with Crippen molar-refractivity contribution >= 4 is 29.6 Å². The number of nitrogens with one attached hydrogen (secondary N) is 1.